The van der Waals surface area contributed by atoms with Crippen LogP contribution in [0.3, 0.4) is 0 Å². The minimum atomic E-state index is -0.837. The summed E-state index contributed by atoms with van der Waals surface area (Å²) in [5, 5.41) is 9.05. The molecule has 0 saturated heterocycles. The molecule has 1 aromatic rings. The Labute approximate surface area is 107 Å². The minimum absolute atomic E-state index is 0.207. The number of carboxylic acids is 1. The SMILES string of the molecule is CCc1c(CC(CC)C(=O)O)ccc(OC)c1F. The van der Waals surface area contributed by atoms with Gasteiger partial charge in [0, 0.05) is 0 Å². The molecule has 0 heterocycles. The molecule has 1 unspecified atom stereocenters. The fourth-order valence-electron chi connectivity index (χ4n) is 2.04. The van der Waals surface area contributed by atoms with Crippen molar-refractivity contribution in [2.24, 2.45) is 5.92 Å². The standard InChI is InChI=1S/C14H19FO3/c1-4-9(14(16)17)8-10-6-7-12(18-3)13(15)11(10)5-2/h6-7,9H,4-5,8H2,1-3H3,(H,16,17). The van der Waals surface area contributed by atoms with Gasteiger partial charge in [0.15, 0.2) is 11.6 Å². The van der Waals surface area contributed by atoms with Gasteiger partial charge in [-0.3, -0.25) is 4.79 Å². The van der Waals surface area contributed by atoms with Crippen molar-refractivity contribution >= 4 is 5.97 Å². The summed E-state index contributed by atoms with van der Waals surface area (Å²) in [4.78, 5) is 11.0. The number of hydrogen-bond acceptors (Lipinski definition) is 2. The van der Waals surface area contributed by atoms with Crippen LogP contribution in [0.25, 0.3) is 0 Å². The molecule has 1 N–H and O–H groups in total. The van der Waals surface area contributed by atoms with Gasteiger partial charge in [0.1, 0.15) is 0 Å². The fourth-order valence-corrected chi connectivity index (χ4v) is 2.04. The third-order valence-corrected chi connectivity index (χ3v) is 3.19. The van der Waals surface area contributed by atoms with Crippen LogP contribution in [-0.2, 0) is 17.6 Å². The van der Waals surface area contributed by atoms with Crippen molar-refractivity contribution in [1.29, 1.82) is 0 Å². The van der Waals surface area contributed by atoms with Crippen LogP contribution >= 0.6 is 0 Å². The number of aliphatic carboxylic acids is 1. The highest BCUT2D eigenvalue weighted by molar-refractivity contribution is 5.70. The van der Waals surface area contributed by atoms with Crippen LogP contribution < -0.4 is 4.74 Å². The summed E-state index contributed by atoms with van der Waals surface area (Å²) in [6, 6.07) is 3.31. The van der Waals surface area contributed by atoms with E-state index in [0.717, 1.165) is 5.56 Å². The van der Waals surface area contributed by atoms with E-state index in [-0.39, 0.29) is 11.6 Å². The van der Waals surface area contributed by atoms with Crippen LogP contribution in [0.2, 0.25) is 0 Å². The third kappa shape index (κ3) is 3.00. The summed E-state index contributed by atoms with van der Waals surface area (Å²) in [5.74, 6) is -1.48. The van der Waals surface area contributed by atoms with Gasteiger partial charge in [0.2, 0.25) is 0 Å². The van der Waals surface area contributed by atoms with Crippen LogP contribution in [0.1, 0.15) is 31.4 Å². The normalized spacial score (nSPS) is 12.2. The van der Waals surface area contributed by atoms with E-state index in [1.165, 1.54) is 7.11 Å². The molecule has 0 aliphatic heterocycles. The predicted octanol–water partition coefficient (Wildman–Crippen LogP) is 3.05. The summed E-state index contributed by atoms with van der Waals surface area (Å²) < 4.78 is 18.9. The van der Waals surface area contributed by atoms with Crippen LogP contribution in [0.5, 0.6) is 5.75 Å². The van der Waals surface area contributed by atoms with Gasteiger partial charge in [-0.25, -0.2) is 4.39 Å². The van der Waals surface area contributed by atoms with Gasteiger partial charge in [-0.15, -0.1) is 0 Å². The molecule has 4 heteroatoms. The first-order valence-corrected chi connectivity index (χ1v) is 6.12. The molecule has 1 rings (SSSR count). The Bertz CT molecular complexity index is 429. The molecule has 3 nitrogen and oxygen atoms in total. The lowest BCUT2D eigenvalue weighted by Crippen LogP contribution is -2.16. The summed E-state index contributed by atoms with van der Waals surface area (Å²) in [5.41, 5.74) is 1.30. The lowest BCUT2D eigenvalue weighted by molar-refractivity contribution is -0.141. The van der Waals surface area contributed by atoms with Gasteiger partial charge in [-0.2, -0.15) is 0 Å². The first-order chi connectivity index (χ1) is 8.54. The van der Waals surface area contributed by atoms with Crippen molar-refractivity contribution in [1.82, 2.24) is 0 Å². The lowest BCUT2D eigenvalue weighted by Gasteiger charge is -2.15. The monoisotopic (exact) mass is 254 g/mol. The predicted molar refractivity (Wildman–Crippen MR) is 67.5 cm³/mol. The van der Waals surface area contributed by atoms with Gasteiger partial charge in [-0.05, 0) is 36.5 Å². The first-order valence-electron chi connectivity index (χ1n) is 6.12. The summed E-state index contributed by atoms with van der Waals surface area (Å²) in [6.45, 7) is 3.67. The Balaban J connectivity index is 3.09. The zero-order chi connectivity index (χ0) is 13.7. The molecule has 0 saturated carbocycles. The molecule has 1 atom stereocenters. The molecule has 0 bridgehead atoms. The van der Waals surface area contributed by atoms with E-state index in [1.807, 2.05) is 13.8 Å². The van der Waals surface area contributed by atoms with Crippen molar-refractivity contribution in [2.45, 2.75) is 33.1 Å². The van der Waals surface area contributed by atoms with Crippen molar-refractivity contribution < 1.29 is 19.0 Å². The van der Waals surface area contributed by atoms with Gasteiger partial charge < -0.3 is 9.84 Å². The zero-order valence-electron chi connectivity index (χ0n) is 11.0. The van der Waals surface area contributed by atoms with Crippen LogP contribution in [0.4, 0.5) is 4.39 Å². The molecular weight excluding hydrogens is 235 g/mol. The Hall–Kier alpha value is -1.58. The van der Waals surface area contributed by atoms with Crippen molar-refractivity contribution in [3.05, 3.63) is 29.1 Å². The van der Waals surface area contributed by atoms with Crippen molar-refractivity contribution in [2.75, 3.05) is 7.11 Å². The quantitative estimate of drug-likeness (QED) is 0.848. The molecule has 0 spiro atoms. The van der Waals surface area contributed by atoms with Gasteiger partial charge in [0.05, 0.1) is 13.0 Å². The van der Waals surface area contributed by atoms with Crippen LogP contribution in [0.15, 0.2) is 12.1 Å². The number of hydrogen-bond donors (Lipinski definition) is 1. The largest absolute Gasteiger partial charge is 0.494 e. The van der Waals surface area contributed by atoms with Crippen molar-refractivity contribution in [3.8, 4) is 5.75 Å². The number of methoxy groups -OCH3 is 1. The second kappa shape index (κ2) is 6.38. The highest BCUT2D eigenvalue weighted by Gasteiger charge is 2.19. The van der Waals surface area contributed by atoms with Gasteiger partial charge in [0.25, 0.3) is 0 Å². The lowest BCUT2D eigenvalue weighted by atomic mass is 9.92. The number of carbonyl (C=O) groups is 1. The molecule has 0 amide bonds. The Morgan fingerprint density at radius 1 is 1.44 bits per heavy atom. The Morgan fingerprint density at radius 2 is 2.11 bits per heavy atom. The van der Waals surface area contributed by atoms with Crippen molar-refractivity contribution in [3.63, 3.8) is 0 Å². The molecule has 0 fully saturated rings. The van der Waals surface area contributed by atoms with E-state index in [1.54, 1.807) is 12.1 Å². The highest BCUT2D eigenvalue weighted by Crippen LogP contribution is 2.26. The molecule has 0 aliphatic rings. The smallest absolute Gasteiger partial charge is 0.306 e. The summed E-state index contributed by atoms with van der Waals surface area (Å²) >= 11 is 0. The second-order valence-electron chi connectivity index (χ2n) is 4.22. The third-order valence-electron chi connectivity index (χ3n) is 3.19. The highest BCUT2D eigenvalue weighted by atomic mass is 19.1. The first kappa shape index (κ1) is 14.5. The van der Waals surface area contributed by atoms with Gasteiger partial charge >= 0.3 is 5.97 Å². The molecule has 100 valence electrons. The van der Waals surface area contributed by atoms with E-state index in [0.29, 0.717) is 24.8 Å². The average Bonchev–Trinajstić information content (AvgIpc) is 2.35. The van der Waals surface area contributed by atoms with Gasteiger partial charge in [-0.1, -0.05) is 19.9 Å². The minimum Gasteiger partial charge on any atom is -0.494 e. The maximum absolute atomic E-state index is 14.0. The maximum Gasteiger partial charge on any atom is 0.306 e. The Morgan fingerprint density at radius 3 is 2.56 bits per heavy atom. The van der Waals surface area contributed by atoms with Crippen LogP contribution in [0, 0.1) is 11.7 Å². The number of ether oxygens (including phenoxy) is 1. The van der Waals surface area contributed by atoms with E-state index < -0.39 is 11.9 Å². The van der Waals surface area contributed by atoms with Crippen LogP contribution in [-0.4, -0.2) is 18.2 Å². The zero-order valence-corrected chi connectivity index (χ0v) is 11.0. The van der Waals surface area contributed by atoms with E-state index in [4.69, 9.17) is 9.84 Å². The fraction of sp³-hybridized carbons (Fsp3) is 0.500. The molecule has 18 heavy (non-hydrogen) atoms. The maximum atomic E-state index is 14.0. The van der Waals surface area contributed by atoms with E-state index >= 15 is 0 Å². The molecular formula is C14H19FO3. The molecule has 0 aromatic heterocycles. The number of benzene rings is 1. The Kier molecular flexibility index (Phi) is 5.13. The topological polar surface area (TPSA) is 46.5 Å². The second-order valence-corrected chi connectivity index (χ2v) is 4.22. The molecule has 0 aliphatic carbocycles. The van der Waals surface area contributed by atoms with E-state index in [9.17, 15) is 9.18 Å². The molecule has 1 aromatic carbocycles. The summed E-state index contributed by atoms with van der Waals surface area (Å²) in [7, 11) is 1.42. The number of carboxylic acid groups (broad SMARTS) is 1. The molecule has 0 radical (unpaired) electrons. The number of halogens is 1. The average molecular weight is 254 g/mol. The summed E-state index contributed by atoms with van der Waals surface area (Å²) in [6.07, 6.45) is 1.41. The number of rotatable bonds is 6. The van der Waals surface area contributed by atoms with E-state index in [2.05, 4.69) is 0 Å².